The van der Waals surface area contributed by atoms with Gasteiger partial charge in [0.15, 0.2) is 0 Å². The highest BCUT2D eigenvalue weighted by Crippen LogP contribution is 2.49. The number of halogens is 3. The van der Waals surface area contributed by atoms with Crippen molar-refractivity contribution in [3.63, 3.8) is 0 Å². The number of amides is 6. The molecule has 102 heavy (non-hydrogen) atoms. The number of carbonyl (C=O) groups excluding carboxylic acids is 5. The number of hydrogen-bond donors (Lipinski definition) is 5. The summed E-state index contributed by atoms with van der Waals surface area (Å²) in [6, 6.07) is 26.7. The van der Waals surface area contributed by atoms with Gasteiger partial charge in [0.25, 0.3) is 0 Å². The van der Waals surface area contributed by atoms with Crippen LogP contribution in [0.25, 0.3) is 0 Å². The number of para-hydroxylation sites is 3. The summed E-state index contributed by atoms with van der Waals surface area (Å²) in [7, 11) is -1.00. The number of thioether (sulfide) groups is 2. The van der Waals surface area contributed by atoms with Crippen LogP contribution in [-0.2, 0) is 52.7 Å². The van der Waals surface area contributed by atoms with Crippen molar-refractivity contribution in [3.05, 3.63) is 124 Å². The van der Waals surface area contributed by atoms with Crippen LogP contribution in [0.3, 0.4) is 0 Å². The van der Waals surface area contributed by atoms with E-state index in [4.69, 9.17) is 10.8 Å². The number of nitrogens with zero attached hydrogens (tertiary/aromatic N) is 7. The lowest BCUT2D eigenvalue weighted by Crippen LogP contribution is -2.50. The Morgan fingerprint density at radius 1 is 0.598 bits per heavy atom. The van der Waals surface area contributed by atoms with E-state index in [9.17, 15) is 42.7 Å². The standard InChI is InChI=1S/C37H51FN6O4S.C23H34FN3O4S.C15H20N2O.CH3F.CH4/c1-37(2,3)14-19-44-34(46)31(49-35(44)28-8-6-9-29(38)33(28)39-15-20-41-21-23-48-24-22-41)25-32(45)42-16-12-27(13-17-42)43-18-11-26-7-4-5-10-30(26)40-36(43)47;1-23(2,3)7-9-27-21(30)18(15-19(28)29)32-22(27)16-5-4-6-17(24)20(16)25-8-10-26-11-13-31-14-12-26;18-15-11-13-4-2-1-3-12(13)7-10-17(15)14-5-8-16-9-6-14;1-2;/h4-10,27,31,35,39H,11-25H2,1-3H3,(H,40,47);4-6,18,22,25H,7-15H2,1-3H3,(H,28,29);1-4,14,16H,5-11H2;1H3;1H4/t31-,35?;18-,22?;;;/m00.../s1/i;;;1D;. The van der Waals surface area contributed by atoms with Gasteiger partial charge in [-0.2, -0.15) is 0 Å². The van der Waals surface area contributed by atoms with E-state index >= 15 is 4.39 Å². The molecule has 4 atom stereocenters. The number of anilines is 3. The molecule has 0 spiro atoms. The first-order chi connectivity index (χ1) is 49.0. The summed E-state index contributed by atoms with van der Waals surface area (Å²) in [6.45, 7) is 27.4. The molecule has 4 aromatic rings. The molecule has 8 heterocycles. The summed E-state index contributed by atoms with van der Waals surface area (Å²) in [4.78, 5) is 91.6. The van der Waals surface area contributed by atoms with E-state index in [-0.39, 0.29) is 72.5 Å². The normalized spacial score (nSPS) is 21.9. The van der Waals surface area contributed by atoms with Crippen LogP contribution in [0.5, 0.6) is 0 Å². The quantitative estimate of drug-likeness (QED) is 0.0557. The minimum Gasteiger partial charge on any atom is -0.481 e. The number of carboxylic acids is 1. The lowest BCUT2D eigenvalue weighted by Gasteiger charge is -2.38. The van der Waals surface area contributed by atoms with Crippen molar-refractivity contribution in [2.45, 2.75) is 153 Å². The zero-order valence-electron chi connectivity index (χ0n) is 61.0. The molecule has 12 rings (SSSR count). The zero-order chi connectivity index (χ0) is 72.9. The molecule has 6 saturated heterocycles. The van der Waals surface area contributed by atoms with E-state index < -0.39 is 34.4 Å². The second kappa shape index (κ2) is 38.9. The van der Waals surface area contributed by atoms with Gasteiger partial charge in [-0.1, -0.05) is 116 Å². The number of alkyl halides is 1. The molecular formula is C77H112F3N11O9S2. The number of piperidine rings is 2. The van der Waals surface area contributed by atoms with Crippen molar-refractivity contribution in [3.8, 4) is 0 Å². The smallest absolute Gasteiger partial charge is 0.322 e. The molecule has 6 amide bonds. The maximum Gasteiger partial charge on any atom is 0.322 e. The third-order valence-corrected chi connectivity index (χ3v) is 23.0. The number of ether oxygens (including phenoxy) is 2. The number of benzene rings is 4. The van der Waals surface area contributed by atoms with Gasteiger partial charge in [-0.15, -0.1) is 23.5 Å². The fourth-order valence-corrected chi connectivity index (χ4v) is 17.2. The predicted molar refractivity (Wildman–Crippen MR) is 402 cm³/mol. The molecule has 4 aromatic carbocycles. The monoisotopic (exact) mass is 1460 g/mol. The van der Waals surface area contributed by atoms with Crippen LogP contribution in [0.15, 0.2) is 84.9 Å². The maximum atomic E-state index is 15.4. The summed E-state index contributed by atoms with van der Waals surface area (Å²) in [5.74, 6) is -1.69. The predicted octanol–water partition coefficient (Wildman–Crippen LogP) is 11.4. The highest BCUT2D eigenvalue weighted by Gasteiger charge is 2.46. The number of hydrogen-bond acceptors (Lipinski definition) is 15. The van der Waals surface area contributed by atoms with Gasteiger partial charge in [0, 0.05) is 127 Å². The van der Waals surface area contributed by atoms with E-state index in [1.54, 1.807) is 17.0 Å². The molecule has 25 heteroatoms. The topological polar surface area (TPSA) is 212 Å². The van der Waals surface area contributed by atoms with Gasteiger partial charge in [0.1, 0.15) is 22.4 Å². The Bertz CT molecular complexity index is 3420. The van der Waals surface area contributed by atoms with Gasteiger partial charge in [-0.25, -0.2) is 13.6 Å². The third kappa shape index (κ3) is 22.7. The van der Waals surface area contributed by atoms with Crippen molar-refractivity contribution in [2.24, 2.45) is 10.8 Å². The number of carbonyl (C=O) groups is 6. The number of fused-ring (bicyclic) bond motifs is 2. The molecule has 0 saturated carbocycles. The molecule has 6 fully saturated rings. The number of likely N-dealkylation sites (tertiary alicyclic amines) is 1. The molecule has 0 aliphatic carbocycles. The van der Waals surface area contributed by atoms with Crippen molar-refractivity contribution in [1.82, 2.24) is 39.6 Å². The van der Waals surface area contributed by atoms with Crippen LogP contribution in [-0.4, -0.2) is 236 Å². The summed E-state index contributed by atoms with van der Waals surface area (Å²) in [6.07, 6.45) is 7.40. The Hall–Kier alpha value is -6.61. The number of morpholine rings is 2. The molecular weight excluding hydrogens is 1340 g/mol. The van der Waals surface area contributed by atoms with Crippen molar-refractivity contribution >= 4 is 76.2 Å². The summed E-state index contributed by atoms with van der Waals surface area (Å²) < 4.78 is 56.6. The number of urea groups is 1. The maximum absolute atomic E-state index is 15.4. The molecule has 5 N–H and O–H groups in total. The molecule has 0 bridgehead atoms. The molecule has 0 radical (unpaired) electrons. The number of carboxylic acid groups (broad SMARTS) is 1. The highest BCUT2D eigenvalue weighted by molar-refractivity contribution is 8.01. The first-order valence-electron chi connectivity index (χ1n) is 36.8. The van der Waals surface area contributed by atoms with Crippen molar-refractivity contribution in [1.29, 1.82) is 0 Å². The molecule has 0 aromatic heterocycles. The highest BCUT2D eigenvalue weighted by atomic mass is 32.2. The number of rotatable bonds is 20. The van der Waals surface area contributed by atoms with Crippen LogP contribution in [0.1, 0.15) is 140 Å². The average molecular weight is 1460 g/mol. The second-order valence-electron chi connectivity index (χ2n) is 29.5. The van der Waals surface area contributed by atoms with Gasteiger partial charge in [0.05, 0.1) is 69.7 Å². The van der Waals surface area contributed by atoms with E-state index in [0.717, 1.165) is 114 Å². The van der Waals surface area contributed by atoms with Crippen LogP contribution in [0, 0.1) is 22.5 Å². The van der Waals surface area contributed by atoms with Crippen molar-refractivity contribution < 1.29 is 57.9 Å². The number of aliphatic carboxylic acids is 1. The third-order valence-electron chi connectivity index (χ3n) is 20.0. The fraction of sp³-hybridized carbons (Fsp3) is 0.610. The molecule has 8 aliphatic rings. The first kappa shape index (κ1) is 79.5. The minimum atomic E-state index is -1.00. The number of nitrogens with one attached hydrogen (secondary N) is 4. The summed E-state index contributed by atoms with van der Waals surface area (Å²) in [5, 5.41) is 20.2. The molecule has 8 aliphatic heterocycles. The van der Waals surface area contributed by atoms with E-state index in [2.05, 4.69) is 102 Å². The lowest BCUT2D eigenvalue weighted by atomic mass is 9.92. The molecule has 2 unspecified atom stereocenters. The fourth-order valence-electron chi connectivity index (χ4n) is 14.2. The van der Waals surface area contributed by atoms with Crippen LogP contribution in [0.2, 0.25) is 0 Å². The van der Waals surface area contributed by atoms with Crippen LogP contribution in [0.4, 0.5) is 35.0 Å². The largest absolute Gasteiger partial charge is 0.481 e. The minimum absolute atomic E-state index is 0. The Morgan fingerprint density at radius 2 is 1.06 bits per heavy atom. The summed E-state index contributed by atoms with van der Waals surface area (Å²) >= 11 is 2.77. The van der Waals surface area contributed by atoms with Crippen LogP contribution >= 0.6 is 23.5 Å². The van der Waals surface area contributed by atoms with E-state index in [0.29, 0.717) is 120 Å². The Labute approximate surface area is 613 Å². The molecule has 20 nitrogen and oxygen atoms in total. The van der Waals surface area contributed by atoms with E-state index in [1.807, 2.05) is 51.1 Å². The van der Waals surface area contributed by atoms with Gasteiger partial charge in [0.2, 0.25) is 23.6 Å². The second-order valence-corrected chi connectivity index (χ2v) is 32.1. The Morgan fingerprint density at radius 3 is 1.57 bits per heavy atom. The van der Waals surface area contributed by atoms with Gasteiger partial charge in [-0.3, -0.25) is 38.2 Å². The van der Waals surface area contributed by atoms with Gasteiger partial charge >= 0.3 is 12.0 Å². The SMILES string of the molecule is C.CC(C)(C)CCN1C(=O)[C@H](CC(=O)N2CCC(N3CCc4ccccc4NC3=O)CC2)SC1c1cccc(F)c1NCCN1CCOCC1.CC(C)(C)CCN1C(=O)[C@H](CC(=O)O)SC1c1cccc(F)c1NCCN1CCOCC1.O=C1Cc2ccccc2CCN1C1CCNCC1.[2H]CF. The first-order valence-corrected chi connectivity index (χ1v) is 38.0. The van der Waals surface area contributed by atoms with E-state index in [1.165, 1.54) is 46.8 Å². The Balaban J connectivity index is 0.000000212. The summed E-state index contributed by atoms with van der Waals surface area (Å²) in [5.41, 5.74) is 6.83. The van der Waals surface area contributed by atoms with Crippen molar-refractivity contribution in [2.75, 3.05) is 154 Å². The lowest BCUT2D eigenvalue weighted by molar-refractivity contribution is -0.140. The average Bonchev–Trinajstić information content (AvgIpc) is 1.66. The van der Waals surface area contributed by atoms with Gasteiger partial charge in [-0.05, 0) is 110 Å². The van der Waals surface area contributed by atoms with Gasteiger partial charge < -0.3 is 60.3 Å². The van der Waals surface area contributed by atoms with Crippen LogP contribution < -0.4 is 21.3 Å². The Kier molecular flexibility index (Phi) is 30.4. The zero-order valence-corrected chi connectivity index (χ0v) is 61.6. The molecule has 562 valence electrons.